The fourth-order valence-corrected chi connectivity index (χ4v) is 4.38. The van der Waals surface area contributed by atoms with Gasteiger partial charge in [-0.2, -0.15) is 23.5 Å². The average Bonchev–Trinajstić information content (AvgIpc) is 3.16. The molecule has 2 aliphatic heterocycles. The summed E-state index contributed by atoms with van der Waals surface area (Å²) in [5.41, 5.74) is 2.00. The Hall–Kier alpha value is -2.95. The van der Waals surface area contributed by atoms with Crippen molar-refractivity contribution in [2.24, 2.45) is 10.1 Å². The predicted octanol–water partition coefficient (Wildman–Crippen LogP) is 3.36. The molecular weight excluding hydrogens is 436 g/mol. The molecule has 0 aromatic heterocycles. The molecular formula is C18H11ClN4O4S2. The number of halogens is 1. The third-order valence-electron chi connectivity index (χ3n) is 3.89. The van der Waals surface area contributed by atoms with Crippen molar-refractivity contribution in [1.29, 1.82) is 5.41 Å². The molecule has 146 valence electrons. The van der Waals surface area contributed by atoms with Crippen LogP contribution in [0.25, 0.3) is 6.08 Å². The van der Waals surface area contributed by atoms with Crippen LogP contribution in [0.2, 0.25) is 5.02 Å². The van der Waals surface area contributed by atoms with Crippen molar-refractivity contribution in [1.82, 2.24) is 5.01 Å². The fourth-order valence-electron chi connectivity index (χ4n) is 2.53. The molecule has 0 fully saturated rings. The second-order valence-electron chi connectivity index (χ2n) is 5.80. The van der Waals surface area contributed by atoms with Crippen molar-refractivity contribution in [2.75, 3.05) is 0 Å². The Morgan fingerprint density at radius 2 is 1.93 bits per heavy atom. The molecule has 2 aromatic rings. The number of hydrazone groups is 1. The molecule has 2 aromatic carbocycles. The molecule has 8 nitrogen and oxygen atoms in total. The van der Waals surface area contributed by atoms with Crippen LogP contribution in [-0.4, -0.2) is 35.9 Å². The molecule has 29 heavy (non-hydrogen) atoms. The molecule has 2 heterocycles. The standard InChI is InChI=1S/C18H11ClN4O4S2/c19-14-9-11(8-13-16(20)23-18(22-17(13)24)28-10-21-23)6-7-15(14)27-29(25,26)12-4-2-1-3-5-12/h1-10,20H/b13-8+,20-16?. The van der Waals surface area contributed by atoms with E-state index in [1.807, 2.05) is 0 Å². The minimum atomic E-state index is -4.03. The van der Waals surface area contributed by atoms with Gasteiger partial charge in [-0.1, -0.05) is 35.9 Å². The van der Waals surface area contributed by atoms with E-state index in [1.165, 1.54) is 47.0 Å². The van der Waals surface area contributed by atoms with E-state index >= 15 is 0 Å². The molecule has 0 aliphatic carbocycles. The molecule has 0 spiro atoms. The summed E-state index contributed by atoms with van der Waals surface area (Å²) < 4.78 is 29.8. The quantitative estimate of drug-likeness (QED) is 0.569. The zero-order valence-corrected chi connectivity index (χ0v) is 16.8. The van der Waals surface area contributed by atoms with Crippen molar-refractivity contribution >= 4 is 62.0 Å². The Balaban J connectivity index is 1.61. The molecule has 0 saturated carbocycles. The Bertz CT molecular complexity index is 1220. The first kappa shape index (κ1) is 19.4. The van der Waals surface area contributed by atoms with Crippen LogP contribution in [0.15, 0.2) is 69.1 Å². The van der Waals surface area contributed by atoms with Crippen molar-refractivity contribution in [2.45, 2.75) is 4.90 Å². The fraction of sp³-hybridized carbons (Fsp3) is 0. The van der Waals surface area contributed by atoms with E-state index in [4.69, 9.17) is 21.2 Å². The summed E-state index contributed by atoms with van der Waals surface area (Å²) in [7, 11) is -4.03. The van der Waals surface area contributed by atoms with Crippen LogP contribution in [0.5, 0.6) is 5.75 Å². The van der Waals surface area contributed by atoms with E-state index in [9.17, 15) is 13.2 Å². The summed E-state index contributed by atoms with van der Waals surface area (Å²) in [6.07, 6.45) is 1.44. The van der Waals surface area contributed by atoms with Crippen LogP contribution >= 0.6 is 23.4 Å². The lowest BCUT2D eigenvalue weighted by Crippen LogP contribution is -2.35. The number of thioether (sulfide) groups is 1. The van der Waals surface area contributed by atoms with Crippen LogP contribution in [0, 0.1) is 5.41 Å². The van der Waals surface area contributed by atoms with Crippen LogP contribution in [0.3, 0.4) is 0 Å². The highest BCUT2D eigenvalue weighted by Crippen LogP contribution is 2.30. The predicted molar refractivity (Wildman–Crippen MR) is 112 cm³/mol. The van der Waals surface area contributed by atoms with Gasteiger partial charge in [0.15, 0.2) is 16.8 Å². The van der Waals surface area contributed by atoms with Gasteiger partial charge in [0.25, 0.3) is 5.91 Å². The summed E-state index contributed by atoms with van der Waals surface area (Å²) in [6, 6.07) is 12.0. The highest BCUT2D eigenvalue weighted by atomic mass is 35.5. The lowest BCUT2D eigenvalue weighted by molar-refractivity contribution is -0.114. The summed E-state index contributed by atoms with van der Waals surface area (Å²) in [4.78, 5) is 16.1. The number of fused-ring (bicyclic) bond motifs is 1. The normalized spacial score (nSPS) is 17.5. The van der Waals surface area contributed by atoms with Crippen LogP contribution in [0.1, 0.15) is 5.56 Å². The monoisotopic (exact) mass is 446 g/mol. The summed E-state index contributed by atoms with van der Waals surface area (Å²) >= 11 is 7.33. The second-order valence-corrected chi connectivity index (χ2v) is 8.56. The Morgan fingerprint density at radius 1 is 1.17 bits per heavy atom. The lowest BCUT2D eigenvalue weighted by Gasteiger charge is -2.20. The van der Waals surface area contributed by atoms with Gasteiger partial charge in [0, 0.05) is 0 Å². The molecule has 11 heteroatoms. The van der Waals surface area contributed by atoms with Crippen molar-refractivity contribution in [3.8, 4) is 5.75 Å². The van der Waals surface area contributed by atoms with E-state index in [1.54, 1.807) is 18.2 Å². The summed E-state index contributed by atoms with van der Waals surface area (Å²) in [5.74, 6) is -0.727. The molecule has 0 bridgehead atoms. The van der Waals surface area contributed by atoms with Crippen molar-refractivity contribution < 1.29 is 17.4 Å². The largest absolute Gasteiger partial charge is 0.377 e. The van der Waals surface area contributed by atoms with Crippen LogP contribution < -0.4 is 4.18 Å². The first-order valence-corrected chi connectivity index (χ1v) is 10.7. The molecule has 4 rings (SSSR count). The number of nitrogens with zero attached hydrogens (tertiary/aromatic N) is 3. The van der Waals surface area contributed by atoms with Gasteiger partial charge in [0.2, 0.25) is 0 Å². The SMILES string of the molecule is N=C1/C(=C\c2ccc(OS(=O)(=O)c3ccccc3)c(Cl)c2)C(=O)N=C2SC=NN12. The van der Waals surface area contributed by atoms with Gasteiger partial charge >= 0.3 is 10.1 Å². The topological polar surface area (TPSA) is 112 Å². The van der Waals surface area contributed by atoms with Gasteiger partial charge in [-0.25, -0.2) is 0 Å². The number of aliphatic imine (C=N–C) groups is 1. The van der Waals surface area contributed by atoms with E-state index in [0.29, 0.717) is 10.7 Å². The summed E-state index contributed by atoms with van der Waals surface area (Å²) in [6.45, 7) is 0. The third-order valence-corrected chi connectivity index (χ3v) is 6.11. The van der Waals surface area contributed by atoms with Gasteiger partial charge < -0.3 is 4.18 Å². The Morgan fingerprint density at radius 3 is 2.66 bits per heavy atom. The zero-order chi connectivity index (χ0) is 20.6. The van der Waals surface area contributed by atoms with E-state index in [-0.39, 0.29) is 27.1 Å². The van der Waals surface area contributed by atoms with Gasteiger partial charge in [-0.05, 0) is 47.7 Å². The molecule has 0 unspecified atom stereocenters. The first-order chi connectivity index (χ1) is 13.8. The number of amides is 1. The number of nitrogens with one attached hydrogen (secondary N) is 1. The highest BCUT2D eigenvalue weighted by Gasteiger charge is 2.32. The highest BCUT2D eigenvalue weighted by molar-refractivity contribution is 8.25. The van der Waals surface area contributed by atoms with E-state index in [0.717, 1.165) is 11.8 Å². The average molecular weight is 447 g/mol. The van der Waals surface area contributed by atoms with Gasteiger partial charge in [-0.3, -0.25) is 10.2 Å². The van der Waals surface area contributed by atoms with Crippen LogP contribution in [-0.2, 0) is 14.9 Å². The maximum absolute atomic E-state index is 12.3. The Kier molecular flexibility index (Phi) is 4.99. The minimum absolute atomic E-state index is 0.00112. The Labute approximate surface area is 175 Å². The van der Waals surface area contributed by atoms with Gasteiger partial charge in [-0.15, -0.1) is 0 Å². The van der Waals surface area contributed by atoms with Gasteiger partial charge in [0.05, 0.1) is 16.1 Å². The number of amidine groups is 2. The second kappa shape index (κ2) is 7.47. The number of hydrogen-bond acceptors (Lipinski definition) is 7. The molecule has 1 amide bonds. The van der Waals surface area contributed by atoms with E-state index in [2.05, 4.69) is 10.1 Å². The number of carbonyl (C=O) groups excluding carboxylic acids is 1. The number of hydrogen-bond donors (Lipinski definition) is 1. The van der Waals surface area contributed by atoms with Crippen molar-refractivity contribution in [3.63, 3.8) is 0 Å². The molecule has 2 aliphatic rings. The van der Waals surface area contributed by atoms with Crippen LogP contribution in [0.4, 0.5) is 0 Å². The van der Waals surface area contributed by atoms with Crippen molar-refractivity contribution in [3.05, 3.63) is 64.7 Å². The molecule has 0 radical (unpaired) electrons. The number of rotatable bonds is 4. The maximum Gasteiger partial charge on any atom is 0.339 e. The first-order valence-electron chi connectivity index (χ1n) is 8.07. The zero-order valence-electron chi connectivity index (χ0n) is 14.4. The third kappa shape index (κ3) is 3.82. The molecule has 0 saturated heterocycles. The summed E-state index contributed by atoms with van der Waals surface area (Å²) in [5, 5.41) is 13.7. The lowest BCUT2D eigenvalue weighted by atomic mass is 10.1. The smallest absolute Gasteiger partial charge is 0.339 e. The minimum Gasteiger partial charge on any atom is -0.377 e. The number of benzene rings is 2. The molecule has 1 N–H and O–H groups in total. The molecule has 0 atom stereocenters. The van der Waals surface area contributed by atoms with E-state index < -0.39 is 16.0 Å². The number of carbonyl (C=O) groups is 1. The van der Waals surface area contributed by atoms with Gasteiger partial charge in [0.1, 0.15) is 4.90 Å². The maximum atomic E-state index is 12.3.